The molecule has 0 aliphatic rings. The molecule has 0 unspecified atom stereocenters. The van der Waals surface area contributed by atoms with Gasteiger partial charge in [0.2, 0.25) is 0 Å². The van der Waals surface area contributed by atoms with Gasteiger partial charge in [-0.15, -0.1) is 18.2 Å². The maximum absolute atomic E-state index is 12.5. The Balaban J connectivity index is 2.43. The van der Waals surface area contributed by atoms with Crippen LogP contribution in [0.15, 0.2) is 48.9 Å². The van der Waals surface area contributed by atoms with Gasteiger partial charge in [0.15, 0.2) is 4.80 Å². The van der Waals surface area contributed by atoms with E-state index in [1.807, 2.05) is 0 Å². The van der Waals surface area contributed by atoms with E-state index in [1.54, 1.807) is 4.57 Å². The fourth-order valence-electron chi connectivity index (χ4n) is 2.23. The first-order chi connectivity index (χ1) is 13.6. The minimum absolute atomic E-state index is 0.154. The van der Waals surface area contributed by atoms with E-state index in [1.165, 1.54) is 24.1 Å². The molecule has 0 spiro atoms. The van der Waals surface area contributed by atoms with Crippen molar-refractivity contribution in [3.63, 3.8) is 0 Å². The molecule has 0 radical (unpaired) electrons. The number of benzene rings is 1. The third kappa shape index (κ3) is 6.10. The molecule has 1 aromatic heterocycles. The Morgan fingerprint density at radius 2 is 1.97 bits per heavy atom. The number of carbonyl (C=O) groups excluding carboxylic acids is 2. The molecule has 0 fully saturated rings. The number of alkyl halides is 3. The third-order valence-electron chi connectivity index (χ3n) is 3.41. The average molecular weight is 431 g/mol. The standard InChI is InChI=1S/C17H16F3N3O5S/c1-4-26-15(24)21-14-23(9-8-22(3)16(25)27-5-2)12-7-6-11(10-13(12)29-14)28-17(18,19)20/h4-7,10H,1-2,8-9H2,3H3/b21-14+. The van der Waals surface area contributed by atoms with Gasteiger partial charge >= 0.3 is 18.5 Å². The highest BCUT2D eigenvalue weighted by molar-refractivity contribution is 7.16. The largest absolute Gasteiger partial charge is 0.573 e. The molecule has 0 atom stereocenters. The molecule has 0 saturated heterocycles. The number of nitrogens with zero attached hydrogens (tertiary/aromatic N) is 3. The zero-order chi connectivity index (χ0) is 21.6. The number of likely N-dealkylation sites (N-methyl/N-ethyl adjacent to an activating group) is 1. The van der Waals surface area contributed by atoms with Crippen LogP contribution in [-0.4, -0.2) is 41.6 Å². The van der Waals surface area contributed by atoms with Crippen molar-refractivity contribution in [2.75, 3.05) is 13.6 Å². The molecule has 2 amide bonds. The van der Waals surface area contributed by atoms with Gasteiger partial charge in [-0.05, 0) is 18.2 Å². The lowest BCUT2D eigenvalue weighted by molar-refractivity contribution is -0.274. The summed E-state index contributed by atoms with van der Waals surface area (Å²) < 4.78 is 52.5. The first kappa shape index (κ1) is 22.0. The molecule has 0 saturated carbocycles. The Kier molecular flexibility index (Phi) is 7.04. The van der Waals surface area contributed by atoms with Crippen molar-refractivity contribution in [3.05, 3.63) is 48.7 Å². The highest BCUT2D eigenvalue weighted by Gasteiger charge is 2.31. The van der Waals surface area contributed by atoms with E-state index in [0.29, 0.717) is 10.2 Å². The van der Waals surface area contributed by atoms with Crippen LogP contribution in [0.3, 0.4) is 0 Å². The average Bonchev–Trinajstić information content (AvgIpc) is 2.94. The lowest BCUT2D eigenvalue weighted by atomic mass is 10.3. The zero-order valence-corrected chi connectivity index (χ0v) is 16.0. The summed E-state index contributed by atoms with van der Waals surface area (Å²) >= 11 is 0.952. The quantitative estimate of drug-likeness (QED) is 0.646. The second-order valence-electron chi connectivity index (χ2n) is 5.35. The Morgan fingerprint density at radius 3 is 2.59 bits per heavy atom. The summed E-state index contributed by atoms with van der Waals surface area (Å²) in [7, 11) is 1.49. The highest BCUT2D eigenvalue weighted by Crippen LogP contribution is 2.28. The maximum Gasteiger partial charge on any atom is 0.573 e. The molecule has 8 nitrogen and oxygen atoms in total. The summed E-state index contributed by atoms with van der Waals surface area (Å²) in [6.45, 7) is 6.87. The van der Waals surface area contributed by atoms with Gasteiger partial charge < -0.3 is 23.7 Å². The summed E-state index contributed by atoms with van der Waals surface area (Å²) in [4.78, 5) is 28.6. The minimum Gasteiger partial charge on any atom is -0.419 e. The topological polar surface area (TPSA) is 82.4 Å². The molecule has 0 bridgehead atoms. The van der Waals surface area contributed by atoms with Crippen molar-refractivity contribution in [2.45, 2.75) is 12.9 Å². The van der Waals surface area contributed by atoms with E-state index in [2.05, 4.69) is 32.4 Å². The zero-order valence-electron chi connectivity index (χ0n) is 15.1. The maximum atomic E-state index is 12.5. The van der Waals surface area contributed by atoms with Gasteiger partial charge in [0, 0.05) is 20.1 Å². The number of rotatable bonds is 6. The number of fused-ring (bicyclic) bond motifs is 1. The van der Waals surface area contributed by atoms with Crippen molar-refractivity contribution in [1.29, 1.82) is 0 Å². The van der Waals surface area contributed by atoms with E-state index in [-0.39, 0.29) is 17.9 Å². The van der Waals surface area contributed by atoms with Crippen LogP contribution in [0.2, 0.25) is 0 Å². The molecule has 156 valence electrons. The molecular weight excluding hydrogens is 415 g/mol. The van der Waals surface area contributed by atoms with Gasteiger partial charge in [-0.1, -0.05) is 24.5 Å². The van der Waals surface area contributed by atoms with Crippen LogP contribution in [-0.2, 0) is 16.0 Å². The van der Waals surface area contributed by atoms with Crippen LogP contribution in [0, 0.1) is 0 Å². The van der Waals surface area contributed by atoms with Gasteiger partial charge in [-0.2, -0.15) is 0 Å². The number of ether oxygens (including phenoxy) is 3. The van der Waals surface area contributed by atoms with Crippen molar-refractivity contribution in [1.82, 2.24) is 9.47 Å². The van der Waals surface area contributed by atoms with Gasteiger partial charge in [-0.3, -0.25) is 0 Å². The summed E-state index contributed by atoms with van der Waals surface area (Å²) in [5.74, 6) is -0.412. The van der Waals surface area contributed by atoms with Crippen LogP contribution >= 0.6 is 11.3 Å². The monoisotopic (exact) mass is 431 g/mol. The fourth-order valence-corrected chi connectivity index (χ4v) is 3.30. The van der Waals surface area contributed by atoms with Crippen LogP contribution in [0.5, 0.6) is 5.75 Å². The molecule has 1 heterocycles. The lowest BCUT2D eigenvalue weighted by Crippen LogP contribution is -2.31. The van der Waals surface area contributed by atoms with E-state index in [9.17, 15) is 22.8 Å². The Morgan fingerprint density at radius 1 is 1.28 bits per heavy atom. The van der Waals surface area contributed by atoms with Crippen LogP contribution in [0.1, 0.15) is 0 Å². The molecule has 2 aromatic rings. The SMILES string of the molecule is C=COC(=O)/N=c1/sc2cc(OC(F)(F)F)ccc2n1CCN(C)C(=O)OC=C. The molecule has 0 aliphatic carbocycles. The number of amides is 2. The first-order valence-electron chi connectivity index (χ1n) is 7.92. The normalized spacial score (nSPS) is 11.8. The van der Waals surface area contributed by atoms with E-state index >= 15 is 0 Å². The van der Waals surface area contributed by atoms with Gasteiger partial charge in [0.05, 0.1) is 22.7 Å². The number of halogens is 3. The minimum atomic E-state index is -4.84. The second kappa shape index (κ2) is 9.28. The molecule has 2 rings (SSSR count). The Labute approximate surface area is 166 Å². The number of aromatic nitrogens is 1. The molecule has 12 heteroatoms. The number of carbonyl (C=O) groups is 2. The van der Waals surface area contributed by atoms with E-state index in [0.717, 1.165) is 29.9 Å². The van der Waals surface area contributed by atoms with Crippen molar-refractivity contribution >= 4 is 33.7 Å². The predicted molar refractivity (Wildman–Crippen MR) is 98.0 cm³/mol. The molecule has 29 heavy (non-hydrogen) atoms. The highest BCUT2D eigenvalue weighted by atomic mass is 32.1. The van der Waals surface area contributed by atoms with Gasteiger partial charge in [0.25, 0.3) is 0 Å². The van der Waals surface area contributed by atoms with Crippen LogP contribution < -0.4 is 9.54 Å². The molecule has 0 N–H and O–H groups in total. The number of hydrogen-bond donors (Lipinski definition) is 0. The number of thiazole rings is 1. The lowest BCUT2D eigenvalue weighted by Gasteiger charge is -2.16. The van der Waals surface area contributed by atoms with E-state index in [4.69, 9.17) is 0 Å². The van der Waals surface area contributed by atoms with Crippen molar-refractivity contribution in [2.24, 2.45) is 4.99 Å². The molecule has 1 aromatic carbocycles. The summed E-state index contributed by atoms with van der Waals surface area (Å²) in [6, 6.07) is 3.71. The summed E-state index contributed by atoms with van der Waals surface area (Å²) in [6.07, 6.45) is -4.55. The Hall–Kier alpha value is -3.28. The van der Waals surface area contributed by atoms with Crippen LogP contribution in [0.4, 0.5) is 22.8 Å². The van der Waals surface area contributed by atoms with Gasteiger partial charge in [0.1, 0.15) is 5.75 Å². The van der Waals surface area contributed by atoms with E-state index < -0.39 is 24.3 Å². The fraction of sp³-hybridized carbons (Fsp3) is 0.235. The third-order valence-corrected chi connectivity index (χ3v) is 4.45. The van der Waals surface area contributed by atoms with Crippen LogP contribution in [0.25, 0.3) is 10.2 Å². The van der Waals surface area contributed by atoms with Crippen molar-refractivity contribution < 1.29 is 37.0 Å². The first-order valence-corrected chi connectivity index (χ1v) is 8.74. The predicted octanol–water partition coefficient (Wildman–Crippen LogP) is 3.99. The van der Waals surface area contributed by atoms with Crippen molar-refractivity contribution in [3.8, 4) is 5.75 Å². The van der Waals surface area contributed by atoms with Gasteiger partial charge in [-0.25, -0.2) is 9.59 Å². The smallest absolute Gasteiger partial charge is 0.419 e. The molecular formula is C17H16F3N3O5S. The number of hydrogen-bond acceptors (Lipinski definition) is 6. The summed E-state index contributed by atoms with van der Waals surface area (Å²) in [5.41, 5.74) is 0.486. The summed E-state index contributed by atoms with van der Waals surface area (Å²) in [5, 5.41) is 0. The molecule has 0 aliphatic heterocycles. The second-order valence-corrected chi connectivity index (χ2v) is 6.36. The Bertz CT molecular complexity index is 996.